The maximum atomic E-state index is 11.1. The molecular formula is C10H15NO6. The Morgan fingerprint density at radius 3 is 2.53 bits per heavy atom. The zero-order valence-corrected chi connectivity index (χ0v) is 9.47. The van der Waals surface area contributed by atoms with E-state index in [9.17, 15) is 19.2 Å². The molecule has 7 nitrogen and oxygen atoms in total. The summed E-state index contributed by atoms with van der Waals surface area (Å²) < 4.78 is 4.61. The fourth-order valence-electron chi connectivity index (χ4n) is 0.870. The Hall–Kier alpha value is -1.92. The van der Waals surface area contributed by atoms with E-state index in [0.29, 0.717) is 6.29 Å². The Morgan fingerprint density at radius 2 is 2.00 bits per heavy atom. The summed E-state index contributed by atoms with van der Waals surface area (Å²) in [5.74, 6) is -2.03. The van der Waals surface area contributed by atoms with E-state index in [1.807, 2.05) is 0 Å². The Balaban J connectivity index is 3.61. The molecular weight excluding hydrogens is 230 g/mol. The van der Waals surface area contributed by atoms with Crippen molar-refractivity contribution in [2.75, 3.05) is 13.2 Å². The number of aliphatic carboxylic acids is 1. The summed E-state index contributed by atoms with van der Waals surface area (Å²) >= 11 is 0. The monoisotopic (exact) mass is 245 g/mol. The van der Waals surface area contributed by atoms with Gasteiger partial charge in [-0.15, -0.1) is 0 Å². The fourth-order valence-corrected chi connectivity index (χ4v) is 0.870. The minimum Gasteiger partial charge on any atom is -0.481 e. The molecule has 0 aromatic carbocycles. The molecule has 0 aromatic rings. The number of aldehydes is 1. The van der Waals surface area contributed by atoms with Crippen LogP contribution in [0.4, 0.5) is 4.79 Å². The van der Waals surface area contributed by atoms with Crippen LogP contribution in [-0.4, -0.2) is 42.4 Å². The van der Waals surface area contributed by atoms with Gasteiger partial charge in [-0.1, -0.05) is 0 Å². The molecule has 0 aliphatic rings. The molecule has 0 bridgehead atoms. The molecule has 0 heterocycles. The van der Waals surface area contributed by atoms with Gasteiger partial charge < -0.3 is 20.0 Å². The van der Waals surface area contributed by atoms with Crippen LogP contribution in [0, 0.1) is 5.92 Å². The maximum absolute atomic E-state index is 11.1. The lowest BCUT2D eigenvalue weighted by Crippen LogP contribution is -2.27. The smallest absolute Gasteiger partial charge is 0.407 e. The Kier molecular flexibility index (Phi) is 7.32. The lowest BCUT2D eigenvalue weighted by molar-refractivity contribution is -0.136. The Bertz CT molecular complexity index is 301. The molecule has 7 heteroatoms. The van der Waals surface area contributed by atoms with Gasteiger partial charge in [-0.05, 0) is 6.92 Å². The number of ketones is 1. The van der Waals surface area contributed by atoms with Crippen LogP contribution in [0.3, 0.4) is 0 Å². The Labute approximate surface area is 98.1 Å². The number of hydrogen-bond acceptors (Lipinski definition) is 5. The molecule has 0 fully saturated rings. The molecule has 0 spiro atoms. The molecule has 17 heavy (non-hydrogen) atoms. The average molecular weight is 245 g/mol. The van der Waals surface area contributed by atoms with Crippen LogP contribution in [0.5, 0.6) is 0 Å². The second-order valence-electron chi connectivity index (χ2n) is 3.35. The van der Waals surface area contributed by atoms with E-state index >= 15 is 0 Å². The van der Waals surface area contributed by atoms with Crippen molar-refractivity contribution in [1.29, 1.82) is 0 Å². The molecule has 1 unspecified atom stereocenters. The lowest BCUT2D eigenvalue weighted by Gasteiger charge is -2.06. The zero-order chi connectivity index (χ0) is 13.3. The molecule has 0 radical (unpaired) electrons. The number of carbonyl (C=O) groups excluding carboxylic acids is 3. The van der Waals surface area contributed by atoms with Gasteiger partial charge in [-0.25, -0.2) is 4.79 Å². The van der Waals surface area contributed by atoms with Gasteiger partial charge in [0.1, 0.15) is 18.7 Å². The van der Waals surface area contributed by atoms with Gasteiger partial charge in [0, 0.05) is 13.0 Å². The normalized spacial score (nSPS) is 11.4. The first-order chi connectivity index (χ1) is 7.97. The molecule has 1 atom stereocenters. The van der Waals surface area contributed by atoms with E-state index in [-0.39, 0.29) is 31.8 Å². The van der Waals surface area contributed by atoms with E-state index in [1.165, 1.54) is 6.92 Å². The number of carbonyl (C=O) groups is 4. The Morgan fingerprint density at radius 1 is 1.35 bits per heavy atom. The summed E-state index contributed by atoms with van der Waals surface area (Å²) in [6.45, 7) is 1.30. The first-order valence-corrected chi connectivity index (χ1v) is 5.07. The van der Waals surface area contributed by atoms with Crippen molar-refractivity contribution in [3.8, 4) is 0 Å². The van der Waals surface area contributed by atoms with Crippen LogP contribution < -0.4 is 5.32 Å². The van der Waals surface area contributed by atoms with Gasteiger partial charge in [0.2, 0.25) is 0 Å². The van der Waals surface area contributed by atoms with E-state index in [4.69, 9.17) is 5.11 Å². The largest absolute Gasteiger partial charge is 0.481 e. The quantitative estimate of drug-likeness (QED) is 0.459. The molecule has 1 amide bonds. The number of amides is 1. The molecule has 2 N–H and O–H groups in total. The SMILES string of the molecule is CC(C=O)C(=O)CCOC(=O)NCCC(=O)O. The molecule has 0 rings (SSSR count). The highest BCUT2D eigenvalue weighted by Crippen LogP contribution is 1.97. The maximum Gasteiger partial charge on any atom is 0.407 e. The molecule has 0 saturated carbocycles. The molecule has 0 aliphatic heterocycles. The summed E-state index contributed by atoms with van der Waals surface area (Å²) in [5, 5.41) is 10.5. The number of carboxylic acid groups (broad SMARTS) is 1. The first-order valence-electron chi connectivity index (χ1n) is 5.07. The van der Waals surface area contributed by atoms with Crippen molar-refractivity contribution in [3.63, 3.8) is 0 Å². The summed E-state index contributed by atoms with van der Waals surface area (Å²) in [6, 6.07) is 0. The van der Waals surface area contributed by atoms with Crippen molar-refractivity contribution in [3.05, 3.63) is 0 Å². The van der Waals surface area contributed by atoms with Gasteiger partial charge in [0.25, 0.3) is 0 Å². The van der Waals surface area contributed by atoms with E-state index in [0.717, 1.165) is 0 Å². The third-order valence-corrected chi connectivity index (χ3v) is 1.90. The lowest BCUT2D eigenvalue weighted by atomic mass is 10.1. The predicted molar refractivity (Wildman–Crippen MR) is 56.5 cm³/mol. The number of carboxylic acids is 1. The van der Waals surface area contributed by atoms with Crippen molar-refractivity contribution >= 4 is 24.1 Å². The van der Waals surface area contributed by atoms with E-state index in [2.05, 4.69) is 10.1 Å². The van der Waals surface area contributed by atoms with Crippen molar-refractivity contribution in [2.24, 2.45) is 5.92 Å². The van der Waals surface area contributed by atoms with Crippen molar-refractivity contribution in [1.82, 2.24) is 5.32 Å². The minimum atomic E-state index is -1.03. The molecule has 0 saturated heterocycles. The number of rotatable bonds is 8. The van der Waals surface area contributed by atoms with Crippen LogP contribution in [-0.2, 0) is 19.1 Å². The highest BCUT2D eigenvalue weighted by molar-refractivity contribution is 5.92. The summed E-state index contributed by atoms with van der Waals surface area (Å²) in [5.41, 5.74) is 0. The molecule has 0 aromatic heterocycles. The third kappa shape index (κ3) is 7.95. The average Bonchev–Trinajstić information content (AvgIpc) is 2.27. The zero-order valence-electron chi connectivity index (χ0n) is 9.47. The molecule has 96 valence electrons. The fraction of sp³-hybridized carbons (Fsp3) is 0.600. The van der Waals surface area contributed by atoms with Crippen LogP contribution >= 0.6 is 0 Å². The number of nitrogens with one attached hydrogen (secondary N) is 1. The van der Waals surface area contributed by atoms with Crippen LogP contribution in [0.1, 0.15) is 19.8 Å². The topological polar surface area (TPSA) is 110 Å². The predicted octanol–water partition coefficient (Wildman–Crippen LogP) is -0.0185. The number of ether oxygens (including phenoxy) is 1. The van der Waals surface area contributed by atoms with Gasteiger partial charge >= 0.3 is 12.1 Å². The first kappa shape index (κ1) is 15.1. The third-order valence-electron chi connectivity index (χ3n) is 1.90. The van der Waals surface area contributed by atoms with E-state index < -0.39 is 18.0 Å². The van der Waals surface area contributed by atoms with Gasteiger partial charge in [-0.2, -0.15) is 0 Å². The van der Waals surface area contributed by atoms with Crippen molar-refractivity contribution in [2.45, 2.75) is 19.8 Å². The van der Waals surface area contributed by atoms with E-state index in [1.54, 1.807) is 0 Å². The van der Waals surface area contributed by atoms with Gasteiger partial charge in [-0.3, -0.25) is 9.59 Å². The standard InChI is InChI=1S/C10H15NO6/c1-7(6-12)8(13)3-5-17-10(16)11-4-2-9(14)15/h6-7H,2-5H2,1H3,(H,11,16)(H,14,15). The summed E-state index contributed by atoms with van der Waals surface area (Å²) in [7, 11) is 0. The number of Topliss-reactive ketones (excluding diaryl/α,β-unsaturated/α-hetero) is 1. The minimum absolute atomic E-state index is 0.0349. The van der Waals surface area contributed by atoms with Crippen LogP contribution in [0.25, 0.3) is 0 Å². The second-order valence-corrected chi connectivity index (χ2v) is 3.35. The highest BCUT2D eigenvalue weighted by Gasteiger charge is 2.12. The van der Waals surface area contributed by atoms with Gasteiger partial charge in [0.15, 0.2) is 0 Å². The number of alkyl carbamates (subject to hydrolysis) is 1. The molecule has 0 aliphatic carbocycles. The highest BCUT2D eigenvalue weighted by atomic mass is 16.5. The second kappa shape index (κ2) is 8.26. The van der Waals surface area contributed by atoms with Gasteiger partial charge in [0.05, 0.1) is 12.3 Å². The number of hydrogen-bond donors (Lipinski definition) is 2. The summed E-state index contributed by atoms with van der Waals surface area (Å²) in [6.07, 6.45) is -0.490. The van der Waals surface area contributed by atoms with Crippen LogP contribution in [0.15, 0.2) is 0 Å². The summed E-state index contributed by atoms with van der Waals surface area (Å²) in [4.78, 5) is 42.5. The van der Waals surface area contributed by atoms with Crippen molar-refractivity contribution < 1.29 is 29.0 Å². The van der Waals surface area contributed by atoms with Crippen LogP contribution in [0.2, 0.25) is 0 Å².